The van der Waals surface area contributed by atoms with E-state index in [9.17, 15) is 5.11 Å². The van der Waals surface area contributed by atoms with E-state index in [1.54, 1.807) is 22.8 Å². The molecule has 0 amide bonds. The molecular weight excluding hydrogens is 570 g/mol. The third kappa shape index (κ3) is 3.91. The molecule has 3 fully saturated rings. The van der Waals surface area contributed by atoms with E-state index in [2.05, 4.69) is 56.0 Å². The number of hydrogen-bond acceptors (Lipinski definition) is 1. The van der Waals surface area contributed by atoms with E-state index in [-0.39, 0.29) is 6.10 Å². The first-order valence-electron chi connectivity index (χ1n) is 11.7. The first-order valence-corrected chi connectivity index (χ1v) is 16.8. The number of halogens is 2. The summed E-state index contributed by atoms with van der Waals surface area (Å²) >= 11 is 2.02. The van der Waals surface area contributed by atoms with Gasteiger partial charge in [0.05, 0.1) is 0 Å². The van der Waals surface area contributed by atoms with Gasteiger partial charge in [0.2, 0.25) is 0 Å². The number of rotatable bonds is 5. The van der Waals surface area contributed by atoms with Crippen LogP contribution in [0.2, 0.25) is 0 Å². The summed E-state index contributed by atoms with van der Waals surface area (Å²) in [6, 6.07) is 0. The van der Waals surface area contributed by atoms with Crippen molar-refractivity contribution in [3.05, 3.63) is 23.8 Å². The summed E-state index contributed by atoms with van der Waals surface area (Å²) in [5.41, 5.74) is 2.98. The van der Waals surface area contributed by atoms with Crippen LogP contribution in [0.4, 0.5) is 0 Å². The molecule has 0 spiro atoms. The van der Waals surface area contributed by atoms with Gasteiger partial charge in [-0.3, -0.25) is 0 Å². The minimum atomic E-state index is -0.848. The molecule has 5 unspecified atom stereocenters. The van der Waals surface area contributed by atoms with E-state index in [0.29, 0.717) is 9.34 Å². The van der Waals surface area contributed by atoms with Gasteiger partial charge in [0.15, 0.2) is 0 Å². The molecule has 8 atom stereocenters. The standard InChI is InChI=1S/C25H40I2O/c1-16(2)6-5-7-17(3)23-10-11-24-21-9-8-19-15-20(28)14-18(4)25(19,26)22(21)12-13-27(23)24/h8,17-18,20-24,28H,1,5-7,9-15H2,2-4H3/t17-,18+,20?,21?,22?,23?,24?,25+/m1/s1. The van der Waals surface area contributed by atoms with Gasteiger partial charge in [0, 0.05) is 0 Å². The summed E-state index contributed by atoms with van der Waals surface area (Å²) in [4.78, 5) is 0. The Morgan fingerprint density at radius 2 is 2.18 bits per heavy atom. The molecule has 2 saturated heterocycles. The molecule has 2 aliphatic heterocycles. The average molecular weight is 610 g/mol. The molecule has 160 valence electrons. The number of alkyl halides is 4. The molecule has 28 heavy (non-hydrogen) atoms. The van der Waals surface area contributed by atoms with Crippen LogP contribution >= 0.6 is 42.4 Å². The van der Waals surface area contributed by atoms with Gasteiger partial charge in [-0.1, -0.05) is 0 Å². The zero-order valence-electron chi connectivity index (χ0n) is 18.1. The van der Waals surface area contributed by atoms with Crippen LogP contribution < -0.4 is 0 Å². The van der Waals surface area contributed by atoms with Crippen LogP contribution in [0, 0.1) is 23.7 Å². The molecule has 1 N–H and O–H groups in total. The van der Waals surface area contributed by atoms with Crippen molar-refractivity contribution in [3.8, 4) is 0 Å². The first kappa shape index (κ1) is 22.1. The third-order valence-electron chi connectivity index (χ3n) is 8.40. The van der Waals surface area contributed by atoms with Crippen molar-refractivity contribution in [2.24, 2.45) is 23.7 Å². The SMILES string of the molecule is C=C(C)CCC[C@@H](C)C1CCC2C3CC=C4CC(O)C[C@H](C)[C@@]4(I)C3CCI21. The molecule has 4 aliphatic rings. The van der Waals surface area contributed by atoms with Gasteiger partial charge in [-0.05, 0) is 0 Å². The van der Waals surface area contributed by atoms with Crippen LogP contribution in [0.25, 0.3) is 0 Å². The van der Waals surface area contributed by atoms with Crippen LogP contribution in [0.15, 0.2) is 23.8 Å². The average Bonchev–Trinajstić information content (AvgIpc) is 3.07. The van der Waals surface area contributed by atoms with E-state index in [4.69, 9.17) is 0 Å². The monoisotopic (exact) mass is 610 g/mol. The van der Waals surface area contributed by atoms with Crippen molar-refractivity contribution in [1.29, 1.82) is 0 Å². The van der Waals surface area contributed by atoms with Crippen LogP contribution in [0.3, 0.4) is 0 Å². The zero-order chi connectivity index (χ0) is 20.1. The molecule has 0 bridgehead atoms. The van der Waals surface area contributed by atoms with Gasteiger partial charge >= 0.3 is 195 Å². The van der Waals surface area contributed by atoms with Gasteiger partial charge in [0.25, 0.3) is 0 Å². The van der Waals surface area contributed by atoms with Crippen molar-refractivity contribution in [2.75, 3.05) is 4.43 Å². The van der Waals surface area contributed by atoms with Gasteiger partial charge < -0.3 is 0 Å². The Hall–Kier alpha value is 0.900. The van der Waals surface area contributed by atoms with Gasteiger partial charge in [-0.25, -0.2) is 0 Å². The van der Waals surface area contributed by atoms with E-state index < -0.39 is 19.8 Å². The zero-order valence-corrected chi connectivity index (χ0v) is 22.4. The molecule has 1 saturated carbocycles. The Balaban J connectivity index is 1.47. The molecule has 2 heterocycles. The van der Waals surface area contributed by atoms with Crippen molar-refractivity contribution in [3.63, 3.8) is 0 Å². The van der Waals surface area contributed by atoms with E-state index in [1.807, 2.05) is 0 Å². The summed E-state index contributed by atoms with van der Waals surface area (Å²) in [7, 11) is 0. The fourth-order valence-corrected chi connectivity index (χ4v) is 18.9. The second kappa shape index (κ2) is 8.80. The third-order valence-corrected chi connectivity index (χ3v) is 20.3. The Bertz CT molecular complexity index is 628. The van der Waals surface area contributed by atoms with Gasteiger partial charge in [-0.2, -0.15) is 0 Å². The molecule has 3 heteroatoms. The topological polar surface area (TPSA) is 20.2 Å². The van der Waals surface area contributed by atoms with Gasteiger partial charge in [-0.15, -0.1) is 0 Å². The summed E-state index contributed by atoms with van der Waals surface area (Å²) in [5.74, 6) is 3.46. The molecule has 0 aromatic carbocycles. The van der Waals surface area contributed by atoms with Crippen molar-refractivity contribution < 1.29 is 5.11 Å². The maximum absolute atomic E-state index is 10.3. The number of aliphatic hydroxyl groups excluding tert-OH is 1. The molecule has 0 aromatic rings. The van der Waals surface area contributed by atoms with Crippen LogP contribution in [0.5, 0.6) is 0 Å². The quantitative estimate of drug-likeness (QED) is 0.196. The Labute approximate surface area is 194 Å². The van der Waals surface area contributed by atoms with Crippen LogP contribution in [-0.2, 0) is 0 Å². The Morgan fingerprint density at radius 1 is 1.39 bits per heavy atom. The van der Waals surface area contributed by atoms with Crippen molar-refractivity contribution in [1.82, 2.24) is 0 Å². The number of hydrogen-bond donors (Lipinski definition) is 1. The van der Waals surface area contributed by atoms with Crippen LogP contribution in [0.1, 0.15) is 78.6 Å². The normalized spacial score (nSPS) is 44.9. The maximum atomic E-state index is 10.3. The minimum absolute atomic E-state index is 0.0940. The number of fused-ring (bicyclic) bond motifs is 5. The molecular formula is C25H40I2O. The van der Waals surface area contributed by atoms with Gasteiger partial charge in [0.1, 0.15) is 0 Å². The van der Waals surface area contributed by atoms with E-state index in [0.717, 1.165) is 38.4 Å². The first-order chi connectivity index (χ1) is 13.3. The molecule has 4 rings (SSSR count). The summed E-state index contributed by atoms with van der Waals surface area (Å²) in [6.07, 6.45) is 14.4. The van der Waals surface area contributed by atoms with Crippen molar-refractivity contribution >= 4 is 42.4 Å². The second-order valence-electron chi connectivity index (χ2n) is 10.3. The molecule has 0 aromatic heterocycles. The fraction of sp³-hybridized carbons (Fsp3) is 0.840. The Morgan fingerprint density at radius 3 is 2.93 bits per heavy atom. The fourth-order valence-electron chi connectivity index (χ4n) is 7.03. The summed E-state index contributed by atoms with van der Waals surface area (Å²) in [6.45, 7) is 11.3. The second-order valence-corrected chi connectivity index (χ2v) is 18.9. The molecule has 2 aliphatic carbocycles. The Kier molecular flexibility index (Phi) is 6.95. The predicted molar refractivity (Wildman–Crippen MR) is 139 cm³/mol. The number of aliphatic hydroxyl groups is 1. The van der Waals surface area contributed by atoms with Crippen LogP contribution in [-0.4, -0.2) is 26.9 Å². The predicted octanol–water partition coefficient (Wildman–Crippen LogP) is 7.34. The van der Waals surface area contributed by atoms with E-state index in [1.165, 1.54) is 37.7 Å². The molecule has 0 radical (unpaired) electrons. The van der Waals surface area contributed by atoms with E-state index >= 15 is 0 Å². The molecule has 1 nitrogen and oxygen atoms in total. The van der Waals surface area contributed by atoms with Crippen molar-refractivity contribution in [2.45, 2.75) is 95.9 Å². The number of allylic oxidation sites excluding steroid dienone is 2. The summed E-state index contributed by atoms with van der Waals surface area (Å²) in [5, 5.41) is 10.3. The summed E-state index contributed by atoms with van der Waals surface area (Å²) < 4.78 is 4.23.